The van der Waals surface area contributed by atoms with E-state index >= 15 is 0 Å². The molecular formula is C22H23FN4O2. The van der Waals surface area contributed by atoms with E-state index in [4.69, 9.17) is 5.26 Å². The van der Waals surface area contributed by atoms with E-state index in [-0.39, 0.29) is 23.2 Å². The third-order valence-corrected chi connectivity index (χ3v) is 5.23. The first-order valence-corrected chi connectivity index (χ1v) is 9.43. The lowest BCUT2D eigenvalue weighted by Gasteiger charge is -2.38. The number of amides is 3. The Labute approximate surface area is 169 Å². The van der Waals surface area contributed by atoms with Crippen LogP contribution in [0.1, 0.15) is 25.0 Å². The van der Waals surface area contributed by atoms with Crippen LogP contribution in [0.3, 0.4) is 0 Å². The SMILES string of the molecule is CC(C)(C(=O)N1CCN(C(=O)Nc2ccc(F)cc2C#N)CC1)c1ccccc1. The highest BCUT2D eigenvalue weighted by Crippen LogP contribution is 2.26. The standard InChI is InChI=1S/C22H23FN4O2/c1-22(2,17-6-4-3-5-7-17)20(28)26-10-12-27(13-11-26)21(29)25-19-9-8-18(23)14-16(19)15-24/h3-9,14H,10-13H2,1-2H3,(H,25,29). The maximum atomic E-state index is 13.3. The number of urea groups is 1. The molecule has 0 aliphatic carbocycles. The van der Waals surface area contributed by atoms with Crippen LogP contribution in [-0.2, 0) is 10.2 Å². The molecule has 1 N–H and O–H groups in total. The van der Waals surface area contributed by atoms with E-state index in [2.05, 4.69) is 5.32 Å². The van der Waals surface area contributed by atoms with E-state index < -0.39 is 11.2 Å². The molecule has 29 heavy (non-hydrogen) atoms. The van der Waals surface area contributed by atoms with Gasteiger partial charge in [-0.2, -0.15) is 5.26 Å². The number of anilines is 1. The average molecular weight is 394 g/mol. The lowest BCUT2D eigenvalue weighted by molar-refractivity contribution is -0.137. The van der Waals surface area contributed by atoms with Crippen LogP contribution in [0, 0.1) is 17.1 Å². The molecule has 7 heteroatoms. The first-order chi connectivity index (χ1) is 13.8. The normalized spacial score (nSPS) is 14.3. The topological polar surface area (TPSA) is 76.4 Å². The van der Waals surface area contributed by atoms with Crippen LogP contribution in [0.25, 0.3) is 0 Å². The number of benzene rings is 2. The van der Waals surface area contributed by atoms with E-state index in [1.807, 2.05) is 50.2 Å². The Morgan fingerprint density at radius 1 is 1.03 bits per heavy atom. The zero-order chi connectivity index (χ0) is 21.0. The second-order valence-electron chi connectivity index (χ2n) is 7.50. The molecule has 0 unspecified atom stereocenters. The van der Waals surface area contributed by atoms with Crippen molar-refractivity contribution in [3.8, 4) is 6.07 Å². The summed E-state index contributed by atoms with van der Waals surface area (Å²) in [5.41, 5.74) is 0.631. The molecule has 0 saturated carbocycles. The number of nitrogens with zero attached hydrogens (tertiary/aromatic N) is 3. The quantitative estimate of drug-likeness (QED) is 0.867. The number of nitriles is 1. The molecule has 0 radical (unpaired) electrons. The molecule has 3 amide bonds. The Hall–Kier alpha value is -3.40. The van der Waals surface area contributed by atoms with Crippen molar-refractivity contribution in [3.05, 3.63) is 65.5 Å². The van der Waals surface area contributed by atoms with Crippen LogP contribution in [-0.4, -0.2) is 47.9 Å². The summed E-state index contributed by atoms with van der Waals surface area (Å²) in [4.78, 5) is 28.9. The number of hydrogen-bond acceptors (Lipinski definition) is 3. The molecule has 2 aromatic rings. The van der Waals surface area contributed by atoms with Gasteiger partial charge in [0.2, 0.25) is 5.91 Å². The van der Waals surface area contributed by atoms with Gasteiger partial charge >= 0.3 is 6.03 Å². The first kappa shape index (κ1) is 20.3. The lowest BCUT2D eigenvalue weighted by atomic mass is 9.83. The fraction of sp³-hybridized carbons (Fsp3) is 0.318. The van der Waals surface area contributed by atoms with Crippen molar-refractivity contribution >= 4 is 17.6 Å². The molecule has 150 valence electrons. The van der Waals surface area contributed by atoms with E-state index in [0.717, 1.165) is 11.6 Å². The van der Waals surface area contributed by atoms with Gasteiger partial charge in [-0.15, -0.1) is 0 Å². The third-order valence-electron chi connectivity index (χ3n) is 5.23. The molecule has 2 aromatic carbocycles. The fourth-order valence-electron chi connectivity index (χ4n) is 3.40. The minimum absolute atomic E-state index is 0.0223. The highest BCUT2D eigenvalue weighted by Gasteiger charge is 2.35. The van der Waals surface area contributed by atoms with Gasteiger partial charge < -0.3 is 15.1 Å². The molecule has 3 rings (SSSR count). The average Bonchev–Trinajstić information content (AvgIpc) is 2.75. The molecule has 6 nitrogen and oxygen atoms in total. The molecule has 0 spiro atoms. The summed E-state index contributed by atoms with van der Waals surface area (Å²) in [6.45, 7) is 5.43. The first-order valence-electron chi connectivity index (χ1n) is 9.43. The summed E-state index contributed by atoms with van der Waals surface area (Å²) in [5, 5.41) is 11.8. The maximum absolute atomic E-state index is 13.3. The Balaban J connectivity index is 1.61. The second-order valence-corrected chi connectivity index (χ2v) is 7.50. The van der Waals surface area contributed by atoms with Crippen molar-refractivity contribution < 1.29 is 14.0 Å². The van der Waals surface area contributed by atoms with Crippen molar-refractivity contribution in [1.82, 2.24) is 9.80 Å². The Kier molecular flexibility index (Phi) is 5.83. The molecule has 1 fully saturated rings. The van der Waals surface area contributed by atoms with Crippen LogP contribution in [0.4, 0.5) is 14.9 Å². The van der Waals surface area contributed by atoms with Gasteiger partial charge in [0.25, 0.3) is 0 Å². The number of rotatable bonds is 3. The molecule has 0 aromatic heterocycles. The molecule has 1 aliphatic heterocycles. The summed E-state index contributed by atoms with van der Waals surface area (Å²) < 4.78 is 13.3. The monoisotopic (exact) mass is 394 g/mol. The summed E-state index contributed by atoms with van der Waals surface area (Å²) >= 11 is 0. The van der Waals surface area contributed by atoms with Gasteiger partial charge in [-0.3, -0.25) is 4.79 Å². The van der Waals surface area contributed by atoms with Gasteiger partial charge in [0.15, 0.2) is 0 Å². The lowest BCUT2D eigenvalue weighted by Crippen LogP contribution is -2.55. The molecule has 0 bridgehead atoms. The zero-order valence-corrected chi connectivity index (χ0v) is 16.5. The number of carbonyl (C=O) groups excluding carboxylic acids is 2. The van der Waals surface area contributed by atoms with Gasteiger partial charge in [-0.25, -0.2) is 9.18 Å². The number of halogens is 1. The van der Waals surface area contributed by atoms with Gasteiger partial charge in [0, 0.05) is 26.2 Å². The summed E-state index contributed by atoms with van der Waals surface area (Å²) in [5.74, 6) is -0.512. The van der Waals surface area contributed by atoms with Crippen molar-refractivity contribution in [1.29, 1.82) is 5.26 Å². The number of hydrogen-bond donors (Lipinski definition) is 1. The Morgan fingerprint density at radius 3 is 2.28 bits per heavy atom. The predicted octanol–water partition coefficient (Wildman–Crippen LogP) is 3.35. The summed E-state index contributed by atoms with van der Waals surface area (Å²) in [6.07, 6.45) is 0. The molecular weight excluding hydrogens is 371 g/mol. The summed E-state index contributed by atoms with van der Waals surface area (Å²) in [7, 11) is 0. The molecule has 0 atom stereocenters. The van der Waals surface area contributed by atoms with Crippen molar-refractivity contribution in [3.63, 3.8) is 0 Å². The van der Waals surface area contributed by atoms with E-state index in [9.17, 15) is 14.0 Å². The van der Waals surface area contributed by atoms with Crippen molar-refractivity contribution in [2.24, 2.45) is 0 Å². The minimum Gasteiger partial charge on any atom is -0.338 e. The number of piperazine rings is 1. The Morgan fingerprint density at radius 2 is 1.66 bits per heavy atom. The number of carbonyl (C=O) groups is 2. The van der Waals surface area contributed by atoms with Gasteiger partial charge in [0.05, 0.1) is 16.7 Å². The maximum Gasteiger partial charge on any atom is 0.322 e. The highest BCUT2D eigenvalue weighted by molar-refractivity contribution is 5.91. The smallest absolute Gasteiger partial charge is 0.322 e. The van der Waals surface area contributed by atoms with Crippen LogP contribution < -0.4 is 5.32 Å². The van der Waals surface area contributed by atoms with Crippen LogP contribution in [0.2, 0.25) is 0 Å². The van der Waals surface area contributed by atoms with E-state index in [1.54, 1.807) is 9.80 Å². The fourth-order valence-corrected chi connectivity index (χ4v) is 3.40. The molecule has 1 heterocycles. The highest BCUT2D eigenvalue weighted by atomic mass is 19.1. The van der Waals surface area contributed by atoms with Gasteiger partial charge in [-0.05, 0) is 37.6 Å². The van der Waals surface area contributed by atoms with Crippen LogP contribution >= 0.6 is 0 Å². The van der Waals surface area contributed by atoms with Gasteiger partial charge in [-0.1, -0.05) is 30.3 Å². The molecule has 1 saturated heterocycles. The van der Waals surface area contributed by atoms with Crippen molar-refractivity contribution in [2.45, 2.75) is 19.3 Å². The third kappa shape index (κ3) is 4.37. The predicted molar refractivity (Wildman–Crippen MR) is 108 cm³/mol. The summed E-state index contributed by atoms with van der Waals surface area (Å²) in [6, 6.07) is 14.8. The Bertz CT molecular complexity index is 945. The second kappa shape index (κ2) is 8.31. The number of nitrogens with one attached hydrogen (secondary N) is 1. The van der Waals surface area contributed by atoms with Crippen LogP contribution in [0.15, 0.2) is 48.5 Å². The largest absolute Gasteiger partial charge is 0.338 e. The zero-order valence-electron chi connectivity index (χ0n) is 16.5. The van der Waals surface area contributed by atoms with Crippen LogP contribution in [0.5, 0.6) is 0 Å². The molecule has 1 aliphatic rings. The van der Waals surface area contributed by atoms with E-state index in [0.29, 0.717) is 26.2 Å². The minimum atomic E-state index is -0.651. The van der Waals surface area contributed by atoms with Crippen molar-refractivity contribution in [2.75, 3.05) is 31.5 Å². The van der Waals surface area contributed by atoms with Gasteiger partial charge in [0.1, 0.15) is 11.9 Å². The van der Waals surface area contributed by atoms with E-state index in [1.165, 1.54) is 12.1 Å².